The molecular formula is C5H6NO. The van der Waals surface area contributed by atoms with Crippen LogP contribution in [0.4, 0.5) is 0 Å². The van der Waals surface area contributed by atoms with Gasteiger partial charge in [0, 0.05) is 5.92 Å². The van der Waals surface area contributed by atoms with E-state index >= 15 is 0 Å². The van der Waals surface area contributed by atoms with Gasteiger partial charge in [-0.2, -0.15) is 5.26 Å². The van der Waals surface area contributed by atoms with Gasteiger partial charge in [0.15, 0.2) is 0 Å². The summed E-state index contributed by atoms with van der Waals surface area (Å²) in [4.78, 5) is 9.71. The van der Waals surface area contributed by atoms with Crippen molar-refractivity contribution in [1.82, 2.24) is 0 Å². The first-order chi connectivity index (χ1) is 3.31. The molecule has 0 amide bonds. The maximum atomic E-state index is 9.71. The number of nitrogens with zero attached hydrogens (tertiary/aromatic N) is 1. The highest BCUT2D eigenvalue weighted by atomic mass is 16.1. The Kier molecular flexibility index (Phi) is 2.95. The van der Waals surface area contributed by atoms with Crippen LogP contribution in [0.25, 0.3) is 0 Å². The largest absolute Gasteiger partial charge is 0.303 e. The lowest BCUT2D eigenvalue weighted by Gasteiger charge is -1.86. The average Bonchev–Trinajstić information content (AvgIpc) is 1.68. The summed E-state index contributed by atoms with van der Waals surface area (Å²) in [5, 5.41) is 7.90. The van der Waals surface area contributed by atoms with Gasteiger partial charge in [0.25, 0.3) is 0 Å². The van der Waals surface area contributed by atoms with Gasteiger partial charge in [0.1, 0.15) is 6.29 Å². The Morgan fingerprint density at radius 3 is 2.57 bits per heavy atom. The number of aldehydes is 1. The fourth-order valence-electron chi connectivity index (χ4n) is 0.157. The van der Waals surface area contributed by atoms with Crippen LogP contribution in [0.3, 0.4) is 0 Å². The van der Waals surface area contributed by atoms with Crippen LogP contribution in [0.15, 0.2) is 0 Å². The summed E-state index contributed by atoms with van der Waals surface area (Å²) in [6.07, 6.45) is 2.01. The summed E-state index contributed by atoms with van der Waals surface area (Å²) in [5.74, 6) is -0.218. The van der Waals surface area contributed by atoms with E-state index in [2.05, 4.69) is 0 Å². The minimum absolute atomic E-state index is 0.218. The third kappa shape index (κ3) is 2.98. The minimum Gasteiger partial charge on any atom is -0.303 e. The Bertz CT molecular complexity index is 92.7. The standard InChI is InChI=1S/C5H6NO/c1-5(4-7)2-3-6/h2,4-5H,1H3. The van der Waals surface area contributed by atoms with Gasteiger partial charge in [-0.1, -0.05) is 6.92 Å². The first-order valence-electron chi connectivity index (χ1n) is 1.99. The number of hydrogen-bond acceptors (Lipinski definition) is 2. The molecule has 0 spiro atoms. The van der Waals surface area contributed by atoms with E-state index in [9.17, 15) is 4.79 Å². The first-order valence-corrected chi connectivity index (χ1v) is 1.99. The van der Waals surface area contributed by atoms with Gasteiger partial charge in [-0.3, -0.25) is 0 Å². The normalized spacial score (nSPS) is 12.0. The van der Waals surface area contributed by atoms with Crippen molar-refractivity contribution in [3.8, 4) is 6.07 Å². The zero-order valence-corrected chi connectivity index (χ0v) is 4.09. The molecule has 0 N–H and O–H groups in total. The maximum absolute atomic E-state index is 9.71. The molecule has 0 saturated carbocycles. The smallest absolute Gasteiger partial charge is 0.124 e. The Labute approximate surface area is 42.8 Å². The van der Waals surface area contributed by atoms with E-state index in [-0.39, 0.29) is 5.92 Å². The Balaban J connectivity index is 3.21. The lowest BCUT2D eigenvalue weighted by molar-refractivity contribution is -0.109. The molecule has 2 nitrogen and oxygen atoms in total. The van der Waals surface area contributed by atoms with Crippen LogP contribution in [-0.2, 0) is 4.79 Å². The van der Waals surface area contributed by atoms with Crippen LogP contribution < -0.4 is 0 Å². The van der Waals surface area contributed by atoms with Gasteiger partial charge in [-0.05, 0) is 0 Å². The monoisotopic (exact) mass is 96.0 g/mol. The van der Waals surface area contributed by atoms with Gasteiger partial charge in [-0.15, -0.1) is 0 Å². The van der Waals surface area contributed by atoms with E-state index < -0.39 is 0 Å². The molecule has 0 saturated heterocycles. The predicted octanol–water partition coefficient (Wildman–Crippen LogP) is 0.549. The topological polar surface area (TPSA) is 40.9 Å². The molecule has 1 radical (unpaired) electrons. The summed E-state index contributed by atoms with van der Waals surface area (Å²) >= 11 is 0. The molecule has 0 aliphatic heterocycles. The summed E-state index contributed by atoms with van der Waals surface area (Å²) in [5.41, 5.74) is 0. The van der Waals surface area contributed by atoms with Crippen molar-refractivity contribution in [2.24, 2.45) is 5.92 Å². The highest BCUT2D eigenvalue weighted by Gasteiger charge is 1.94. The molecule has 0 fully saturated rings. The Morgan fingerprint density at radius 2 is 2.43 bits per heavy atom. The van der Waals surface area contributed by atoms with Crippen LogP contribution in [0.2, 0.25) is 0 Å². The molecular weight excluding hydrogens is 90.1 g/mol. The second kappa shape index (κ2) is 3.35. The van der Waals surface area contributed by atoms with Crippen LogP contribution >= 0.6 is 0 Å². The van der Waals surface area contributed by atoms with E-state index in [1.165, 1.54) is 6.42 Å². The van der Waals surface area contributed by atoms with Crippen molar-refractivity contribution >= 4 is 6.29 Å². The first kappa shape index (κ1) is 6.16. The van der Waals surface area contributed by atoms with Crippen LogP contribution in [0, 0.1) is 23.7 Å². The van der Waals surface area contributed by atoms with Crippen molar-refractivity contribution in [1.29, 1.82) is 5.26 Å². The van der Waals surface area contributed by atoms with Crippen LogP contribution in [-0.4, -0.2) is 6.29 Å². The number of carbonyl (C=O) groups is 1. The van der Waals surface area contributed by atoms with Gasteiger partial charge < -0.3 is 4.79 Å². The number of rotatable bonds is 2. The highest BCUT2D eigenvalue weighted by molar-refractivity contribution is 5.55. The molecule has 1 unspecified atom stereocenters. The second-order valence-corrected chi connectivity index (χ2v) is 1.29. The quantitative estimate of drug-likeness (QED) is 0.471. The molecule has 0 aromatic carbocycles. The number of nitriles is 1. The molecule has 0 aromatic heterocycles. The molecule has 0 heterocycles. The summed E-state index contributed by atoms with van der Waals surface area (Å²) in [7, 11) is 0. The molecule has 0 aliphatic rings. The maximum Gasteiger partial charge on any atom is 0.124 e. The van der Waals surface area contributed by atoms with Gasteiger partial charge in [0.2, 0.25) is 0 Å². The summed E-state index contributed by atoms with van der Waals surface area (Å²) in [6.45, 7) is 1.66. The molecule has 2 heteroatoms. The van der Waals surface area contributed by atoms with Crippen molar-refractivity contribution < 1.29 is 4.79 Å². The summed E-state index contributed by atoms with van der Waals surface area (Å²) < 4.78 is 0. The highest BCUT2D eigenvalue weighted by Crippen LogP contribution is 1.90. The van der Waals surface area contributed by atoms with E-state index in [1.807, 2.05) is 0 Å². The van der Waals surface area contributed by atoms with Gasteiger partial charge in [-0.25, -0.2) is 0 Å². The molecule has 7 heavy (non-hydrogen) atoms. The number of carbonyl (C=O) groups excluding carboxylic acids is 1. The van der Waals surface area contributed by atoms with Crippen molar-refractivity contribution in [2.75, 3.05) is 0 Å². The van der Waals surface area contributed by atoms with Crippen molar-refractivity contribution in [2.45, 2.75) is 6.92 Å². The Morgan fingerprint density at radius 1 is 1.86 bits per heavy atom. The predicted molar refractivity (Wildman–Crippen MR) is 25.1 cm³/mol. The fraction of sp³-hybridized carbons (Fsp3) is 0.400. The van der Waals surface area contributed by atoms with Crippen LogP contribution in [0.5, 0.6) is 0 Å². The number of hydrogen-bond donors (Lipinski definition) is 0. The van der Waals surface area contributed by atoms with E-state index in [0.29, 0.717) is 0 Å². The Hall–Kier alpha value is -0.840. The lowest BCUT2D eigenvalue weighted by Crippen LogP contribution is -1.92. The average molecular weight is 96.1 g/mol. The molecule has 0 aromatic rings. The molecule has 37 valence electrons. The van der Waals surface area contributed by atoms with Crippen LogP contribution in [0.1, 0.15) is 6.92 Å². The molecule has 0 aliphatic carbocycles. The van der Waals surface area contributed by atoms with Gasteiger partial charge in [0.05, 0.1) is 12.5 Å². The molecule has 0 bridgehead atoms. The molecule has 0 rings (SSSR count). The van der Waals surface area contributed by atoms with Crippen molar-refractivity contribution in [3.63, 3.8) is 0 Å². The van der Waals surface area contributed by atoms with E-state index in [0.717, 1.165) is 6.29 Å². The van der Waals surface area contributed by atoms with Crippen molar-refractivity contribution in [3.05, 3.63) is 6.42 Å². The third-order valence-corrected chi connectivity index (χ3v) is 0.552. The fourth-order valence-corrected chi connectivity index (χ4v) is 0.157. The minimum atomic E-state index is -0.218. The van der Waals surface area contributed by atoms with Gasteiger partial charge >= 0.3 is 0 Å². The molecule has 1 atom stereocenters. The second-order valence-electron chi connectivity index (χ2n) is 1.29. The third-order valence-electron chi connectivity index (χ3n) is 0.552. The SMILES string of the molecule is CC([CH]C#N)C=O. The van der Waals surface area contributed by atoms with E-state index in [1.54, 1.807) is 13.0 Å². The zero-order chi connectivity index (χ0) is 5.70. The summed E-state index contributed by atoms with van der Waals surface area (Å²) in [6, 6.07) is 1.76. The van der Waals surface area contributed by atoms with E-state index in [4.69, 9.17) is 5.26 Å². The lowest BCUT2D eigenvalue weighted by atomic mass is 10.1. The zero-order valence-electron chi connectivity index (χ0n) is 4.09.